The van der Waals surface area contributed by atoms with Crippen LogP contribution in [-0.4, -0.2) is 46.2 Å². The third-order valence-corrected chi connectivity index (χ3v) is 5.57. The largest absolute Gasteiger partial charge is 0.350 e. The molecule has 3 rings (SSSR count). The Kier molecular flexibility index (Phi) is 4.85. The minimum atomic E-state index is 0.00590. The first-order valence-corrected chi connectivity index (χ1v) is 9.00. The standard InChI is InChI=1S/C15H24N4OS/c1-18-8-6-16-14(15(18)20)19-7-2-4-12(10-19)17-13-5-3-9-21-11-13/h6,8,12-13,17H,2-5,7,9-11H2,1H3/t12-,13+/m0/s1. The number of hydrogen-bond acceptors (Lipinski definition) is 5. The summed E-state index contributed by atoms with van der Waals surface area (Å²) >= 11 is 2.05. The molecule has 6 heteroatoms. The number of aryl methyl sites for hydroxylation is 1. The lowest BCUT2D eigenvalue weighted by atomic mass is 10.0. The van der Waals surface area contributed by atoms with E-state index in [2.05, 4.69) is 27.0 Å². The van der Waals surface area contributed by atoms with Gasteiger partial charge in [-0.3, -0.25) is 4.79 Å². The number of rotatable bonds is 3. The lowest BCUT2D eigenvalue weighted by Gasteiger charge is -2.36. The molecule has 2 saturated heterocycles. The van der Waals surface area contributed by atoms with Crippen LogP contribution in [0.3, 0.4) is 0 Å². The molecule has 0 unspecified atom stereocenters. The van der Waals surface area contributed by atoms with Crippen molar-refractivity contribution in [3.8, 4) is 0 Å². The molecule has 21 heavy (non-hydrogen) atoms. The van der Waals surface area contributed by atoms with E-state index < -0.39 is 0 Å². The molecule has 116 valence electrons. The molecule has 3 heterocycles. The van der Waals surface area contributed by atoms with Gasteiger partial charge in [0, 0.05) is 50.4 Å². The zero-order chi connectivity index (χ0) is 14.7. The SMILES string of the molecule is Cn1ccnc(N2CCC[C@H](N[C@@H]3CCCSC3)C2)c1=O. The van der Waals surface area contributed by atoms with Crippen molar-refractivity contribution in [2.75, 3.05) is 29.5 Å². The third kappa shape index (κ3) is 3.61. The number of anilines is 1. The first kappa shape index (κ1) is 14.9. The molecule has 2 atom stereocenters. The molecule has 0 aromatic carbocycles. The van der Waals surface area contributed by atoms with E-state index in [4.69, 9.17) is 0 Å². The first-order valence-electron chi connectivity index (χ1n) is 7.84. The van der Waals surface area contributed by atoms with Gasteiger partial charge in [0.25, 0.3) is 5.56 Å². The van der Waals surface area contributed by atoms with E-state index in [9.17, 15) is 4.79 Å². The van der Waals surface area contributed by atoms with Gasteiger partial charge in [-0.1, -0.05) is 0 Å². The molecule has 2 aliphatic heterocycles. The third-order valence-electron chi connectivity index (χ3n) is 4.35. The van der Waals surface area contributed by atoms with Gasteiger partial charge in [0.05, 0.1) is 0 Å². The molecule has 0 amide bonds. The highest BCUT2D eigenvalue weighted by Crippen LogP contribution is 2.20. The van der Waals surface area contributed by atoms with Crippen molar-refractivity contribution in [3.05, 3.63) is 22.7 Å². The summed E-state index contributed by atoms with van der Waals surface area (Å²) in [5, 5.41) is 3.79. The fourth-order valence-corrected chi connectivity index (χ4v) is 4.30. The average Bonchev–Trinajstić information content (AvgIpc) is 2.51. The molecule has 2 aliphatic rings. The molecule has 0 bridgehead atoms. The number of aromatic nitrogens is 2. The highest BCUT2D eigenvalue weighted by Gasteiger charge is 2.25. The van der Waals surface area contributed by atoms with Gasteiger partial charge in [0.2, 0.25) is 0 Å². The minimum absolute atomic E-state index is 0.00590. The zero-order valence-corrected chi connectivity index (χ0v) is 13.4. The Morgan fingerprint density at radius 1 is 1.33 bits per heavy atom. The Balaban J connectivity index is 1.65. The normalized spacial score (nSPS) is 26.8. The Labute approximate surface area is 130 Å². The predicted octanol–water partition coefficient (Wildman–Crippen LogP) is 1.23. The van der Waals surface area contributed by atoms with Crippen LogP contribution in [0.1, 0.15) is 25.7 Å². The van der Waals surface area contributed by atoms with E-state index in [0.29, 0.717) is 17.9 Å². The first-order chi connectivity index (χ1) is 10.2. The maximum Gasteiger partial charge on any atom is 0.293 e. The Hall–Kier alpha value is -1.01. The summed E-state index contributed by atoms with van der Waals surface area (Å²) < 4.78 is 1.61. The molecule has 0 spiro atoms. The molecular formula is C15H24N4OS. The van der Waals surface area contributed by atoms with Gasteiger partial charge in [0.1, 0.15) is 0 Å². The number of nitrogens with zero attached hydrogens (tertiary/aromatic N) is 3. The second-order valence-corrected chi connectivity index (χ2v) is 7.18. The van der Waals surface area contributed by atoms with Gasteiger partial charge in [-0.25, -0.2) is 4.98 Å². The number of hydrogen-bond donors (Lipinski definition) is 1. The van der Waals surface area contributed by atoms with Gasteiger partial charge in [-0.15, -0.1) is 0 Å². The maximum atomic E-state index is 12.2. The van der Waals surface area contributed by atoms with E-state index in [0.717, 1.165) is 19.5 Å². The average molecular weight is 308 g/mol. The van der Waals surface area contributed by atoms with Crippen molar-refractivity contribution in [2.24, 2.45) is 7.05 Å². The van der Waals surface area contributed by atoms with Crippen LogP contribution in [0.5, 0.6) is 0 Å². The summed E-state index contributed by atoms with van der Waals surface area (Å²) in [7, 11) is 1.78. The smallest absolute Gasteiger partial charge is 0.293 e. The van der Waals surface area contributed by atoms with Crippen molar-refractivity contribution in [1.82, 2.24) is 14.9 Å². The van der Waals surface area contributed by atoms with Gasteiger partial charge >= 0.3 is 0 Å². The van der Waals surface area contributed by atoms with Gasteiger partial charge in [0.15, 0.2) is 5.82 Å². The summed E-state index contributed by atoms with van der Waals surface area (Å²) in [6, 6.07) is 1.12. The molecule has 1 aromatic heterocycles. The van der Waals surface area contributed by atoms with Crippen molar-refractivity contribution in [2.45, 2.75) is 37.8 Å². The van der Waals surface area contributed by atoms with Crippen molar-refractivity contribution in [3.63, 3.8) is 0 Å². The second-order valence-electron chi connectivity index (χ2n) is 6.03. The summed E-state index contributed by atoms with van der Waals surface area (Å²) in [6.45, 7) is 1.83. The monoisotopic (exact) mass is 308 g/mol. The molecule has 1 N–H and O–H groups in total. The van der Waals surface area contributed by atoms with E-state index in [1.54, 1.807) is 24.0 Å². The van der Waals surface area contributed by atoms with Crippen LogP contribution >= 0.6 is 11.8 Å². The molecule has 2 fully saturated rings. The molecule has 0 radical (unpaired) electrons. The molecular weight excluding hydrogens is 284 g/mol. The molecule has 1 aromatic rings. The van der Waals surface area contributed by atoms with Crippen molar-refractivity contribution < 1.29 is 0 Å². The maximum absolute atomic E-state index is 12.2. The highest BCUT2D eigenvalue weighted by atomic mass is 32.2. The second kappa shape index (κ2) is 6.83. The van der Waals surface area contributed by atoms with E-state index >= 15 is 0 Å². The van der Waals surface area contributed by atoms with Crippen molar-refractivity contribution >= 4 is 17.6 Å². The van der Waals surface area contributed by atoms with Gasteiger partial charge < -0.3 is 14.8 Å². The molecule has 0 aliphatic carbocycles. The van der Waals surface area contributed by atoms with Crippen LogP contribution in [0.4, 0.5) is 5.82 Å². The Morgan fingerprint density at radius 3 is 3.00 bits per heavy atom. The summed E-state index contributed by atoms with van der Waals surface area (Å²) in [5.74, 6) is 3.13. The molecule has 0 saturated carbocycles. The number of thioether (sulfide) groups is 1. The number of piperidine rings is 1. The van der Waals surface area contributed by atoms with Crippen LogP contribution in [-0.2, 0) is 7.05 Å². The van der Waals surface area contributed by atoms with Crippen LogP contribution in [0.2, 0.25) is 0 Å². The van der Waals surface area contributed by atoms with E-state index in [1.165, 1.54) is 30.8 Å². The van der Waals surface area contributed by atoms with E-state index in [-0.39, 0.29) is 5.56 Å². The van der Waals surface area contributed by atoms with Crippen LogP contribution in [0, 0.1) is 0 Å². The fourth-order valence-electron chi connectivity index (χ4n) is 3.21. The lowest BCUT2D eigenvalue weighted by Crippen LogP contribution is -2.51. The lowest BCUT2D eigenvalue weighted by molar-refractivity contribution is 0.371. The summed E-state index contributed by atoms with van der Waals surface area (Å²) in [6.07, 6.45) is 8.35. The zero-order valence-electron chi connectivity index (χ0n) is 12.6. The van der Waals surface area contributed by atoms with Crippen molar-refractivity contribution in [1.29, 1.82) is 0 Å². The van der Waals surface area contributed by atoms with Crippen LogP contribution in [0.15, 0.2) is 17.2 Å². The fraction of sp³-hybridized carbons (Fsp3) is 0.733. The Bertz CT molecular complexity index is 527. The minimum Gasteiger partial charge on any atom is -0.350 e. The predicted molar refractivity (Wildman–Crippen MR) is 88.2 cm³/mol. The van der Waals surface area contributed by atoms with Gasteiger partial charge in [-0.05, 0) is 31.4 Å². The summed E-state index contributed by atoms with van der Waals surface area (Å²) in [5.41, 5.74) is 0.00590. The number of nitrogens with one attached hydrogen (secondary N) is 1. The van der Waals surface area contributed by atoms with Crippen LogP contribution < -0.4 is 15.8 Å². The highest BCUT2D eigenvalue weighted by molar-refractivity contribution is 7.99. The van der Waals surface area contributed by atoms with Crippen LogP contribution in [0.25, 0.3) is 0 Å². The quantitative estimate of drug-likeness (QED) is 0.910. The summed E-state index contributed by atoms with van der Waals surface area (Å²) in [4.78, 5) is 18.7. The van der Waals surface area contributed by atoms with Gasteiger partial charge in [-0.2, -0.15) is 11.8 Å². The topological polar surface area (TPSA) is 50.2 Å². The Morgan fingerprint density at radius 2 is 2.19 bits per heavy atom. The molecule has 5 nitrogen and oxygen atoms in total. The van der Waals surface area contributed by atoms with E-state index in [1.807, 2.05) is 0 Å².